The molecule has 1 aromatic carbocycles. The first-order valence-electron chi connectivity index (χ1n) is 7.29. The van der Waals surface area contributed by atoms with Crippen molar-refractivity contribution in [2.75, 3.05) is 20.2 Å². The molecule has 0 atom stereocenters. The van der Waals surface area contributed by atoms with Crippen LogP contribution in [0.25, 0.3) is 11.3 Å². The monoisotopic (exact) mass is 315 g/mol. The van der Waals surface area contributed by atoms with E-state index in [2.05, 4.69) is 4.74 Å². The van der Waals surface area contributed by atoms with Gasteiger partial charge in [0.15, 0.2) is 0 Å². The van der Waals surface area contributed by atoms with E-state index in [0.29, 0.717) is 31.0 Å². The van der Waals surface area contributed by atoms with Crippen LogP contribution in [-0.4, -0.2) is 42.1 Å². The Labute approximate surface area is 133 Å². The lowest BCUT2D eigenvalue weighted by molar-refractivity contribution is -0.147. The van der Waals surface area contributed by atoms with Gasteiger partial charge >= 0.3 is 11.9 Å². The van der Waals surface area contributed by atoms with E-state index in [-0.39, 0.29) is 11.9 Å². The molecule has 23 heavy (non-hydrogen) atoms. The van der Waals surface area contributed by atoms with Crippen LogP contribution in [0.1, 0.15) is 16.1 Å². The zero-order valence-corrected chi connectivity index (χ0v) is 12.7. The summed E-state index contributed by atoms with van der Waals surface area (Å²) < 4.78 is 10.5. The molecule has 1 aliphatic rings. The molecule has 3 rings (SSSR count). The van der Waals surface area contributed by atoms with Gasteiger partial charge in [0.05, 0.1) is 25.1 Å². The SMILES string of the molecule is COC(=O)c1ccc(-c2ccc(CN3CC(C(=O)O)C3)o2)cc1. The van der Waals surface area contributed by atoms with Crippen molar-refractivity contribution in [1.82, 2.24) is 4.90 Å². The third kappa shape index (κ3) is 3.27. The number of nitrogens with zero attached hydrogens (tertiary/aromatic N) is 1. The summed E-state index contributed by atoms with van der Waals surface area (Å²) in [5.41, 5.74) is 1.36. The molecule has 0 spiro atoms. The van der Waals surface area contributed by atoms with Crippen LogP contribution in [0.5, 0.6) is 0 Å². The van der Waals surface area contributed by atoms with Gasteiger partial charge in [-0.05, 0) is 24.3 Å². The van der Waals surface area contributed by atoms with E-state index in [9.17, 15) is 9.59 Å². The fourth-order valence-corrected chi connectivity index (χ4v) is 2.58. The summed E-state index contributed by atoms with van der Waals surface area (Å²) in [6, 6.07) is 10.7. The highest BCUT2D eigenvalue weighted by Crippen LogP contribution is 2.25. The van der Waals surface area contributed by atoms with Gasteiger partial charge in [-0.3, -0.25) is 9.69 Å². The summed E-state index contributed by atoms with van der Waals surface area (Å²) in [4.78, 5) is 24.2. The number of hydrogen-bond acceptors (Lipinski definition) is 5. The molecule has 0 aliphatic carbocycles. The number of carboxylic acid groups (broad SMARTS) is 1. The first kappa shape index (κ1) is 15.3. The minimum Gasteiger partial charge on any atom is -0.481 e. The average Bonchev–Trinajstić information content (AvgIpc) is 2.98. The number of aliphatic carboxylic acids is 1. The van der Waals surface area contributed by atoms with Gasteiger partial charge in [0.2, 0.25) is 0 Å². The Morgan fingerprint density at radius 2 is 1.91 bits per heavy atom. The van der Waals surface area contributed by atoms with Crippen LogP contribution < -0.4 is 0 Å². The topological polar surface area (TPSA) is 80.0 Å². The van der Waals surface area contributed by atoms with Crippen LogP contribution in [-0.2, 0) is 16.1 Å². The van der Waals surface area contributed by atoms with Crippen LogP contribution in [0.4, 0.5) is 0 Å². The lowest BCUT2D eigenvalue weighted by Gasteiger charge is -2.35. The highest BCUT2D eigenvalue weighted by molar-refractivity contribution is 5.89. The molecule has 2 heterocycles. The van der Waals surface area contributed by atoms with Gasteiger partial charge in [0.1, 0.15) is 11.5 Å². The zero-order valence-electron chi connectivity index (χ0n) is 12.7. The number of carboxylic acids is 1. The molecule has 6 heteroatoms. The molecule has 1 aliphatic heterocycles. The maximum absolute atomic E-state index is 11.4. The number of ether oxygens (including phenoxy) is 1. The summed E-state index contributed by atoms with van der Waals surface area (Å²) in [6.07, 6.45) is 0. The van der Waals surface area contributed by atoms with Crippen molar-refractivity contribution in [3.05, 3.63) is 47.7 Å². The number of esters is 1. The summed E-state index contributed by atoms with van der Waals surface area (Å²) in [6.45, 7) is 1.71. The van der Waals surface area contributed by atoms with E-state index in [1.165, 1.54) is 7.11 Å². The lowest BCUT2D eigenvalue weighted by Crippen LogP contribution is -2.49. The normalized spacial score (nSPS) is 15.2. The molecule has 1 saturated heterocycles. The predicted molar refractivity (Wildman–Crippen MR) is 81.9 cm³/mol. The molecular formula is C17H17NO5. The molecule has 0 amide bonds. The van der Waals surface area contributed by atoms with Gasteiger partial charge in [-0.1, -0.05) is 12.1 Å². The van der Waals surface area contributed by atoms with E-state index in [1.54, 1.807) is 24.3 Å². The Kier molecular flexibility index (Phi) is 4.16. The molecule has 0 radical (unpaired) electrons. The molecule has 1 fully saturated rings. The molecule has 120 valence electrons. The second-order valence-electron chi connectivity index (χ2n) is 5.56. The van der Waals surface area contributed by atoms with Gasteiger partial charge in [-0.15, -0.1) is 0 Å². The Hall–Kier alpha value is -2.60. The van der Waals surface area contributed by atoms with Crippen molar-refractivity contribution >= 4 is 11.9 Å². The van der Waals surface area contributed by atoms with Crippen molar-refractivity contribution in [3.8, 4) is 11.3 Å². The summed E-state index contributed by atoms with van der Waals surface area (Å²) in [7, 11) is 1.35. The molecule has 2 aromatic rings. The van der Waals surface area contributed by atoms with Crippen LogP contribution in [0.3, 0.4) is 0 Å². The highest BCUT2D eigenvalue weighted by atomic mass is 16.5. The Bertz CT molecular complexity index is 713. The predicted octanol–water partition coefficient (Wildman–Crippen LogP) is 2.25. The van der Waals surface area contributed by atoms with Crippen molar-refractivity contribution in [1.29, 1.82) is 0 Å². The summed E-state index contributed by atoms with van der Waals surface area (Å²) in [5.74, 6) is 0.123. The largest absolute Gasteiger partial charge is 0.481 e. The second-order valence-corrected chi connectivity index (χ2v) is 5.56. The van der Waals surface area contributed by atoms with E-state index in [0.717, 1.165) is 11.3 Å². The van der Waals surface area contributed by atoms with E-state index < -0.39 is 5.97 Å². The number of rotatable bonds is 5. The van der Waals surface area contributed by atoms with Gasteiger partial charge in [0, 0.05) is 18.7 Å². The number of carbonyl (C=O) groups excluding carboxylic acids is 1. The van der Waals surface area contributed by atoms with Crippen molar-refractivity contribution < 1.29 is 23.8 Å². The Morgan fingerprint density at radius 3 is 2.52 bits per heavy atom. The van der Waals surface area contributed by atoms with Gasteiger partial charge in [0.25, 0.3) is 0 Å². The molecule has 0 unspecified atom stereocenters. The van der Waals surface area contributed by atoms with Crippen molar-refractivity contribution in [2.45, 2.75) is 6.54 Å². The molecule has 0 bridgehead atoms. The molecule has 6 nitrogen and oxygen atoms in total. The summed E-state index contributed by atoms with van der Waals surface area (Å²) in [5, 5.41) is 8.87. The zero-order chi connectivity index (χ0) is 16.4. The van der Waals surface area contributed by atoms with Crippen LogP contribution in [0.15, 0.2) is 40.8 Å². The van der Waals surface area contributed by atoms with Gasteiger partial charge < -0.3 is 14.3 Å². The van der Waals surface area contributed by atoms with Gasteiger partial charge in [-0.25, -0.2) is 4.79 Å². The molecule has 0 saturated carbocycles. The fourth-order valence-electron chi connectivity index (χ4n) is 2.58. The minimum absolute atomic E-state index is 0.268. The Morgan fingerprint density at radius 1 is 1.22 bits per heavy atom. The first-order valence-corrected chi connectivity index (χ1v) is 7.29. The van der Waals surface area contributed by atoms with E-state index in [4.69, 9.17) is 9.52 Å². The smallest absolute Gasteiger partial charge is 0.337 e. The van der Waals surface area contributed by atoms with E-state index in [1.807, 2.05) is 17.0 Å². The number of hydrogen-bond donors (Lipinski definition) is 1. The Balaban J connectivity index is 1.63. The van der Waals surface area contributed by atoms with Crippen molar-refractivity contribution in [2.24, 2.45) is 5.92 Å². The lowest BCUT2D eigenvalue weighted by atomic mass is 10.0. The maximum Gasteiger partial charge on any atom is 0.337 e. The first-order chi connectivity index (χ1) is 11.1. The molecule has 1 N–H and O–H groups in total. The van der Waals surface area contributed by atoms with E-state index >= 15 is 0 Å². The van der Waals surface area contributed by atoms with Crippen LogP contribution in [0, 0.1) is 5.92 Å². The number of carbonyl (C=O) groups is 2. The number of methoxy groups -OCH3 is 1. The van der Waals surface area contributed by atoms with Crippen molar-refractivity contribution in [3.63, 3.8) is 0 Å². The second kappa shape index (κ2) is 6.26. The fraction of sp³-hybridized carbons (Fsp3) is 0.294. The summed E-state index contributed by atoms with van der Waals surface area (Å²) >= 11 is 0. The number of likely N-dealkylation sites (tertiary alicyclic amines) is 1. The maximum atomic E-state index is 11.4. The molecular weight excluding hydrogens is 298 g/mol. The number of furan rings is 1. The standard InChI is InChI=1S/C17H17NO5/c1-22-17(21)12-4-2-11(3-5-12)15-7-6-14(23-15)10-18-8-13(9-18)16(19)20/h2-7,13H,8-10H2,1H3,(H,19,20). The molecule has 1 aromatic heterocycles. The number of benzene rings is 1. The minimum atomic E-state index is -0.743. The third-order valence-electron chi connectivity index (χ3n) is 3.94. The van der Waals surface area contributed by atoms with Gasteiger partial charge in [-0.2, -0.15) is 0 Å². The highest BCUT2D eigenvalue weighted by Gasteiger charge is 2.32. The third-order valence-corrected chi connectivity index (χ3v) is 3.94. The van der Waals surface area contributed by atoms with Crippen LogP contribution >= 0.6 is 0 Å². The van der Waals surface area contributed by atoms with Crippen LogP contribution in [0.2, 0.25) is 0 Å². The average molecular weight is 315 g/mol. The quantitative estimate of drug-likeness (QED) is 0.853.